The molecule has 0 radical (unpaired) electrons. The second-order valence-corrected chi connectivity index (χ2v) is 39.4. The van der Waals surface area contributed by atoms with Crippen molar-refractivity contribution in [2.45, 2.75) is 46.4 Å². The van der Waals surface area contributed by atoms with Gasteiger partial charge in [-0.3, -0.25) is 0 Å². The summed E-state index contributed by atoms with van der Waals surface area (Å²) in [4.78, 5) is 65.0. The Morgan fingerprint density at radius 2 is 0.842 bits per heavy atom. The molecule has 6 nitrogen and oxygen atoms in total. The second-order valence-electron chi connectivity index (χ2n) is 11.0. The van der Waals surface area contributed by atoms with Crippen LogP contribution in [0.25, 0.3) is 0 Å². The topological polar surface area (TPSA) is 121 Å². The zero-order valence-corrected chi connectivity index (χ0v) is 12.8. The van der Waals surface area contributed by atoms with Gasteiger partial charge in [-0.1, -0.05) is 0 Å². The van der Waals surface area contributed by atoms with Gasteiger partial charge in [0.2, 0.25) is 0 Å². The molecule has 10 fully saturated rings. The summed E-state index contributed by atoms with van der Waals surface area (Å²) in [5, 5.41) is 0. The van der Waals surface area contributed by atoms with Gasteiger partial charge in [0.1, 0.15) is 0 Å². The van der Waals surface area contributed by atoms with E-state index in [-0.39, 0.29) is 0 Å². The van der Waals surface area contributed by atoms with Gasteiger partial charge in [0.15, 0.2) is 0 Å². The van der Waals surface area contributed by atoms with Crippen molar-refractivity contribution in [2.24, 2.45) is 0 Å². The van der Waals surface area contributed by atoms with Crippen molar-refractivity contribution in [3.8, 4) is 0 Å². The third-order valence-electron chi connectivity index (χ3n) is 15.8. The molecule has 10 saturated heterocycles. The van der Waals surface area contributed by atoms with Crippen LogP contribution in [-0.4, -0.2) is 46.4 Å². The first-order chi connectivity index (χ1) is 8.43. The van der Waals surface area contributed by atoms with Gasteiger partial charge in [-0.15, -0.1) is 0 Å². The molecule has 10 rings (SSSR count). The Balaban J connectivity index is 1.64. The van der Waals surface area contributed by atoms with Crippen LogP contribution < -0.4 is 0 Å². The predicted octanol–water partition coefficient (Wildman–Crippen LogP) is -0.974. The van der Waals surface area contributed by atoms with Gasteiger partial charge < -0.3 is 0 Å². The fourth-order valence-corrected chi connectivity index (χ4v) is 126. The maximum atomic E-state index is 10.3. The van der Waals surface area contributed by atoms with Crippen molar-refractivity contribution in [3.05, 3.63) is 0 Å². The summed E-state index contributed by atoms with van der Waals surface area (Å²) < 4.78 is -1.18. The quantitative estimate of drug-likeness (QED) is 0.359. The molecule has 10 heterocycles. The van der Waals surface area contributed by atoms with Crippen LogP contribution in [0.5, 0.6) is 0 Å². The van der Waals surface area contributed by atoms with Gasteiger partial charge in [0, 0.05) is 0 Å². The molecule has 10 aliphatic rings. The van der Waals surface area contributed by atoms with E-state index in [1.54, 1.807) is 0 Å². The Labute approximate surface area is 99.3 Å². The van der Waals surface area contributed by atoms with Crippen LogP contribution in [0, 0.1) is 0 Å². The van der Waals surface area contributed by atoms with E-state index in [0.29, 0.717) is 38.5 Å². The van der Waals surface area contributed by atoms with Gasteiger partial charge in [0.05, 0.1) is 0 Å². The molecule has 0 aromatic heterocycles. The van der Waals surface area contributed by atoms with Crippen LogP contribution >= 0.6 is 0 Å². The first-order valence-corrected chi connectivity index (χ1v) is 16.9. The Kier molecular flexibility index (Phi) is 0.295. The van der Waals surface area contributed by atoms with Gasteiger partial charge in [0.25, 0.3) is 0 Å². The maximum absolute atomic E-state index is 10.3. The summed E-state index contributed by atoms with van der Waals surface area (Å²) in [5.41, 5.74) is 0. The molecule has 19 heavy (non-hydrogen) atoms. The molecule has 1 spiro atoms. The van der Waals surface area contributed by atoms with E-state index < -0.39 is 32.0 Å². The molecule has 0 amide bonds. The summed E-state index contributed by atoms with van der Waals surface area (Å²) in [7, 11) is -8.48. The van der Waals surface area contributed by atoms with Crippen LogP contribution in [-0.2, 0) is 6.51 Å². The van der Waals surface area contributed by atoms with E-state index in [1.165, 1.54) is 0 Å². The molecule has 106 valence electrons. The van der Waals surface area contributed by atoms with Crippen LogP contribution in [0.4, 0.5) is 0 Å². The summed E-state index contributed by atoms with van der Waals surface area (Å²) in [6.45, 7) is -4.47. The van der Waals surface area contributed by atoms with Gasteiger partial charge in [-0.25, -0.2) is 0 Å². The molecule has 10 aliphatic heterocycles. The molecule has 6 N–H and O–H groups in total. The molecule has 9 heteroatoms. The third kappa shape index (κ3) is 0.0873. The molecule has 0 aromatic carbocycles. The molecule has 0 aliphatic carbocycles. The SMILES string of the molecule is O[Si](O)(O)[C]12[CH]3[CH]4[CH]5[CH]1[Fe]45321678[CH]2[CH]1[CH]6[C]7([Si](O)(O)O)[CH]28. The summed E-state index contributed by atoms with van der Waals surface area (Å²) in [6, 6.07) is 0. The fourth-order valence-electron chi connectivity index (χ4n) is 18.4. The molecule has 0 aromatic rings. The van der Waals surface area contributed by atoms with E-state index in [1.807, 2.05) is 0 Å². The zero-order valence-electron chi connectivity index (χ0n) is 9.66. The first-order valence-electron chi connectivity index (χ1n) is 6.98. The summed E-state index contributed by atoms with van der Waals surface area (Å²) >= 11 is 0. The molecular formula is C10H14FeO6Si2. The van der Waals surface area contributed by atoms with Crippen LogP contribution in [0.3, 0.4) is 0 Å². The number of rotatable bonds is 2. The van der Waals surface area contributed by atoms with E-state index in [9.17, 15) is 28.8 Å². The minimum atomic E-state index is -4.47. The van der Waals surface area contributed by atoms with Crippen LogP contribution in [0.15, 0.2) is 0 Å². The van der Waals surface area contributed by atoms with Gasteiger partial charge in [-0.2, -0.15) is 0 Å². The van der Waals surface area contributed by atoms with E-state index >= 15 is 0 Å². The normalized spacial score (nSPS) is 114. The van der Waals surface area contributed by atoms with Crippen molar-refractivity contribution in [1.29, 1.82) is 0 Å². The minimum absolute atomic E-state index is 0.298. The van der Waals surface area contributed by atoms with E-state index in [0.717, 1.165) is 0 Å². The van der Waals surface area contributed by atoms with Crippen molar-refractivity contribution in [2.75, 3.05) is 0 Å². The standard InChI is InChI=1S/2C5H7O3Si.Fe/c2*6-9(7,8)5-3-1-2-4-5;/h2*1-4,6-8H;. The first kappa shape index (κ1) is 8.37. The average molecular weight is 342 g/mol. The Hall–Kier alpha value is 0.713. The number of hydrogen-bond acceptors (Lipinski definition) is 6. The molecular weight excluding hydrogens is 328 g/mol. The van der Waals surface area contributed by atoms with Crippen molar-refractivity contribution >= 4 is 17.6 Å². The van der Waals surface area contributed by atoms with Crippen molar-refractivity contribution in [1.82, 2.24) is 0 Å². The Morgan fingerprint density at radius 3 is 0.947 bits per heavy atom. The van der Waals surface area contributed by atoms with Crippen LogP contribution in [0.2, 0.25) is 46.4 Å². The fraction of sp³-hybridized carbons (Fsp3) is 1.00. The monoisotopic (exact) mass is 342 g/mol. The Bertz CT molecular complexity index is 1000. The number of fused-ring (bicyclic) bond motifs is 10. The van der Waals surface area contributed by atoms with Gasteiger partial charge >= 0.3 is 99.3 Å². The zero-order chi connectivity index (χ0) is 12.9. The van der Waals surface area contributed by atoms with E-state index in [4.69, 9.17) is 0 Å². The Morgan fingerprint density at radius 1 is 0.579 bits per heavy atom. The second kappa shape index (κ2) is 0.669. The number of hydrogen-bond donors (Lipinski definition) is 6. The molecule has 8 atom stereocenters. The van der Waals surface area contributed by atoms with Crippen LogP contribution in [0.1, 0.15) is 0 Å². The van der Waals surface area contributed by atoms with Crippen molar-refractivity contribution in [3.63, 3.8) is 0 Å². The molecule has 0 bridgehead atoms. The summed E-state index contributed by atoms with van der Waals surface area (Å²) in [5.74, 6) is 0. The van der Waals surface area contributed by atoms with Crippen molar-refractivity contribution < 1.29 is 35.3 Å². The van der Waals surface area contributed by atoms with E-state index in [2.05, 4.69) is 0 Å². The van der Waals surface area contributed by atoms with Gasteiger partial charge in [-0.05, 0) is 0 Å². The summed E-state index contributed by atoms with van der Waals surface area (Å²) in [6.07, 6.45) is 0. The molecule has 0 saturated carbocycles. The predicted molar refractivity (Wildman–Crippen MR) is 60.2 cm³/mol. The third-order valence-corrected chi connectivity index (χ3v) is 72.0. The average Bonchev–Trinajstić information content (AvgIpc) is 3.21. The molecule has 8 unspecified atom stereocenters.